The molecule has 5 heteroatoms. The Morgan fingerprint density at radius 1 is 1.17 bits per heavy atom. The van der Waals surface area contributed by atoms with Crippen LogP contribution >= 0.6 is 11.8 Å². The molecule has 1 saturated heterocycles. The first-order valence-corrected chi connectivity index (χ1v) is 8.07. The molecule has 2 fully saturated rings. The maximum atomic E-state index is 6.42. The van der Waals surface area contributed by atoms with Gasteiger partial charge < -0.3 is 10.3 Å². The molecule has 2 aliphatic rings. The Bertz CT molecular complexity index is 395. The summed E-state index contributed by atoms with van der Waals surface area (Å²) in [7, 11) is 0. The molecule has 3 rings (SSSR count). The number of nitrogens with two attached hydrogens (primary N) is 1. The number of nitrogens with zero attached hydrogens (tertiary/aromatic N) is 2. The van der Waals surface area contributed by atoms with Crippen molar-refractivity contribution in [3.63, 3.8) is 0 Å². The monoisotopic (exact) mass is 267 g/mol. The smallest absolute Gasteiger partial charge is 0.246 e. The molecule has 0 bridgehead atoms. The number of thioether (sulfide) groups is 1. The molecule has 1 saturated carbocycles. The van der Waals surface area contributed by atoms with Crippen molar-refractivity contribution >= 4 is 11.8 Å². The minimum absolute atomic E-state index is 0.358. The summed E-state index contributed by atoms with van der Waals surface area (Å²) in [4.78, 5) is 4.61. The summed E-state index contributed by atoms with van der Waals surface area (Å²) in [5, 5.41) is 4.59. The molecule has 2 N–H and O–H groups in total. The largest absolute Gasteiger partial charge is 0.337 e. The molecule has 1 aromatic rings. The van der Waals surface area contributed by atoms with E-state index in [1.807, 2.05) is 11.8 Å². The van der Waals surface area contributed by atoms with E-state index in [1.165, 1.54) is 44.3 Å². The Labute approximate surface area is 112 Å². The van der Waals surface area contributed by atoms with E-state index in [1.54, 1.807) is 0 Å². The summed E-state index contributed by atoms with van der Waals surface area (Å²) in [6, 6.07) is 0. The van der Waals surface area contributed by atoms with E-state index in [-0.39, 0.29) is 5.54 Å². The second kappa shape index (κ2) is 5.21. The van der Waals surface area contributed by atoms with Crippen molar-refractivity contribution in [1.82, 2.24) is 10.1 Å². The molecule has 1 aliphatic carbocycles. The van der Waals surface area contributed by atoms with Crippen LogP contribution in [-0.2, 0) is 5.54 Å². The van der Waals surface area contributed by atoms with Crippen molar-refractivity contribution in [2.75, 3.05) is 5.75 Å². The summed E-state index contributed by atoms with van der Waals surface area (Å²) in [6.45, 7) is 0. The number of aromatic nitrogens is 2. The van der Waals surface area contributed by atoms with E-state index >= 15 is 0 Å². The zero-order valence-electron chi connectivity index (χ0n) is 10.7. The van der Waals surface area contributed by atoms with Crippen LogP contribution in [0.4, 0.5) is 0 Å². The molecule has 4 nitrogen and oxygen atoms in total. The van der Waals surface area contributed by atoms with Crippen molar-refractivity contribution < 1.29 is 4.52 Å². The van der Waals surface area contributed by atoms with E-state index in [9.17, 15) is 0 Å². The van der Waals surface area contributed by atoms with Crippen molar-refractivity contribution in [2.24, 2.45) is 5.73 Å². The van der Waals surface area contributed by atoms with Gasteiger partial charge in [0.1, 0.15) is 0 Å². The van der Waals surface area contributed by atoms with Gasteiger partial charge in [0.05, 0.1) is 10.8 Å². The summed E-state index contributed by atoms with van der Waals surface area (Å²) in [5.41, 5.74) is 6.06. The predicted molar refractivity (Wildman–Crippen MR) is 72.3 cm³/mol. The van der Waals surface area contributed by atoms with Crippen LogP contribution in [0, 0.1) is 0 Å². The average molecular weight is 267 g/mol. The third kappa shape index (κ3) is 2.43. The maximum Gasteiger partial charge on any atom is 0.246 e. The molecule has 2 heterocycles. The SMILES string of the molecule is NC1(c2nc(C3CCCCS3)no2)CCCCC1. The molecule has 0 radical (unpaired) electrons. The van der Waals surface area contributed by atoms with Gasteiger partial charge in [-0.1, -0.05) is 30.8 Å². The highest BCUT2D eigenvalue weighted by Gasteiger charge is 2.36. The highest BCUT2D eigenvalue weighted by Crippen LogP contribution is 2.39. The minimum atomic E-state index is -0.358. The summed E-state index contributed by atoms with van der Waals surface area (Å²) < 4.78 is 5.46. The van der Waals surface area contributed by atoms with Crippen molar-refractivity contribution in [3.8, 4) is 0 Å². The van der Waals surface area contributed by atoms with Gasteiger partial charge in [0.2, 0.25) is 5.89 Å². The fraction of sp³-hybridized carbons (Fsp3) is 0.846. The summed E-state index contributed by atoms with van der Waals surface area (Å²) >= 11 is 1.95. The fourth-order valence-corrected chi connectivity index (χ4v) is 4.14. The van der Waals surface area contributed by atoms with E-state index in [0.29, 0.717) is 11.1 Å². The van der Waals surface area contributed by atoms with Gasteiger partial charge in [-0.15, -0.1) is 0 Å². The highest BCUT2D eigenvalue weighted by molar-refractivity contribution is 7.99. The quantitative estimate of drug-likeness (QED) is 0.891. The lowest BCUT2D eigenvalue weighted by Crippen LogP contribution is -2.39. The Morgan fingerprint density at radius 3 is 2.72 bits per heavy atom. The van der Waals surface area contributed by atoms with Gasteiger partial charge in [-0.2, -0.15) is 16.7 Å². The Kier molecular flexibility index (Phi) is 3.61. The zero-order chi connectivity index (χ0) is 12.4. The van der Waals surface area contributed by atoms with Gasteiger partial charge in [0.15, 0.2) is 5.82 Å². The van der Waals surface area contributed by atoms with Crippen LogP contribution in [0.15, 0.2) is 4.52 Å². The Hall–Kier alpha value is -0.550. The second-order valence-electron chi connectivity index (χ2n) is 5.53. The average Bonchev–Trinajstić information content (AvgIpc) is 2.91. The molecule has 18 heavy (non-hydrogen) atoms. The number of hydrogen-bond acceptors (Lipinski definition) is 5. The molecule has 1 aromatic heterocycles. The molecule has 0 amide bonds. The van der Waals surface area contributed by atoms with Gasteiger partial charge in [0, 0.05) is 0 Å². The standard InChI is InChI=1S/C13H21N3OS/c14-13(7-3-1-4-8-13)12-15-11(16-17-12)10-6-2-5-9-18-10/h10H,1-9,14H2. The number of hydrogen-bond donors (Lipinski definition) is 1. The highest BCUT2D eigenvalue weighted by atomic mass is 32.2. The van der Waals surface area contributed by atoms with Crippen LogP contribution in [0.5, 0.6) is 0 Å². The molecule has 0 aromatic carbocycles. The molecule has 1 aliphatic heterocycles. The molecular weight excluding hydrogens is 246 g/mol. The van der Waals surface area contributed by atoms with Gasteiger partial charge in [-0.3, -0.25) is 0 Å². The van der Waals surface area contributed by atoms with E-state index in [2.05, 4.69) is 10.1 Å². The lowest BCUT2D eigenvalue weighted by Gasteiger charge is -2.29. The summed E-state index contributed by atoms with van der Waals surface area (Å²) in [5.74, 6) is 2.75. The first-order chi connectivity index (χ1) is 8.78. The normalized spacial score (nSPS) is 28.2. The first kappa shape index (κ1) is 12.5. The van der Waals surface area contributed by atoms with E-state index in [4.69, 9.17) is 10.3 Å². The van der Waals surface area contributed by atoms with Gasteiger partial charge >= 0.3 is 0 Å². The van der Waals surface area contributed by atoms with Crippen LogP contribution in [0.3, 0.4) is 0 Å². The first-order valence-electron chi connectivity index (χ1n) is 7.02. The van der Waals surface area contributed by atoms with Gasteiger partial charge in [-0.05, 0) is 31.4 Å². The second-order valence-corrected chi connectivity index (χ2v) is 6.84. The third-order valence-electron chi connectivity index (χ3n) is 4.08. The predicted octanol–water partition coefficient (Wildman–Crippen LogP) is 3.15. The molecule has 0 spiro atoms. The molecule has 100 valence electrons. The molecule has 1 unspecified atom stereocenters. The van der Waals surface area contributed by atoms with Crippen LogP contribution in [0.2, 0.25) is 0 Å². The summed E-state index contributed by atoms with van der Waals surface area (Å²) in [6.07, 6.45) is 9.33. The third-order valence-corrected chi connectivity index (χ3v) is 5.45. The minimum Gasteiger partial charge on any atom is -0.337 e. The Balaban J connectivity index is 1.75. The topological polar surface area (TPSA) is 64.9 Å². The van der Waals surface area contributed by atoms with Gasteiger partial charge in [0.25, 0.3) is 0 Å². The number of rotatable bonds is 2. The maximum absolute atomic E-state index is 6.42. The lowest BCUT2D eigenvalue weighted by molar-refractivity contribution is 0.219. The fourth-order valence-electron chi connectivity index (χ4n) is 2.91. The van der Waals surface area contributed by atoms with Crippen molar-refractivity contribution in [3.05, 3.63) is 11.7 Å². The lowest BCUT2D eigenvalue weighted by atomic mass is 9.82. The van der Waals surface area contributed by atoms with Gasteiger partial charge in [-0.25, -0.2) is 0 Å². The van der Waals surface area contributed by atoms with Crippen LogP contribution in [0.25, 0.3) is 0 Å². The van der Waals surface area contributed by atoms with Crippen molar-refractivity contribution in [2.45, 2.75) is 62.2 Å². The van der Waals surface area contributed by atoms with E-state index < -0.39 is 0 Å². The van der Waals surface area contributed by atoms with E-state index in [0.717, 1.165) is 18.7 Å². The Morgan fingerprint density at radius 2 is 2.00 bits per heavy atom. The molecular formula is C13H21N3OS. The van der Waals surface area contributed by atoms with Crippen LogP contribution < -0.4 is 5.73 Å². The molecule has 1 atom stereocenters. The zero-order valence-corrected chi connectivity index (χ0v) is 11.5. The van der Waals surface area contributed by atoms with Crippen LogP contribution in [-0.4, -0.2) is 15.9 Å². The van der Waals surface area contributed by atoms with Crippen LogP contribution in [0.1, 0.15) is 68.3 Å². The van der Waals surface area contributed by atoms with Crippen molar-refractivity contribution in [1.29, 1.82) is 0 Å².